The van der Waals surface area contributed by atoms with E-state index in [4.69, 9.17) is 0 Å². The SMILES string of the molecule is N#Cc1ccc(-n2c3ccccc3c3cc(-c4cc(C(F)(F)F)cc(C(F)(F)F)c4)ccc32)cc1-c1cc(-c2c(C(F)(F)F)cccc2C(F)(F)F)ccc1-n1c2ccccc2c2cc(-c3cc(C(F)(F)F)cc(C(F)(F)F)c3)ccc21. The predicted molar refractivity (Wildman–Crippen MR) is 272 cm³/mol. The summed E-state index contributed by atoms with van der Waals surface area (Å²) in [6.45, 7) is 0. The molecule has 11 aromatic rings. The molecule has 0 bridgehead atoms. The van der Waals surface area contributed by atoms with Crippen molar-refractivity contribution in [2.75, 3.05) is 0 Å². The van der Waals surface area contributed by atoms with Gasteiger partial charge in [0.15, 0.2) is 0 Å². The van der Waals surface area contributed by atoms with E-state index in [-0.39, 0.29) is 67.7 Å². The summed E-state index contributed by atoms with van der Waals surface area (Å²) in [5.41, 5.74) is -11.8. The molecule has 0 atom stereocenters. The van der Waals surface area contributed by atoms with Crippen molar-refractivity contribution in [3.05, 3.63) is 215 Å². The van der Waals surface area contributed by atoms with E-state index >= 15 is 0 Å². The zero-order valence-corrected chi connectivity index (χ0v) is 40.9. The van der Waals surface area contributed by atoms with Gasteiger partial charge in [-0.1, -0.05) is 60.7 Å². The van der Waals surface area contributed by atoms with E-state index < -0.39 is 92.7 Å². The molecule has 11 rings (SSSR count). The van der Waals surface area contributed by atoms with Crippen molar-refractivity contribution in [1.29, 1.82) is 5.26 Å². The van der Waals surface area contributed by atoms with Gasteiger partial charge in [-0.15, -0.1) is 0 Å². The number of hydrogen-bond donors (Lipinski definition) is 0. The summed E-state index contributed by atoms with van der Waals surface area (Å²) < 4.78 is 261. The number of hydrogen-bond acceptors (Lipinski definition) is 1. The van der Waals surface area contributed by atoms with Crippen LogP contribution in [0.3, 0.4) is 0 Å². The van der Waals surface area contributed by atoms with Crippen LogP contribution < -0.4 is 0 Å². The van der Waals surface area contributed by atoms with Crippen LogP contribution in [-0.2, 0) is 37.1 Å². The van der Waals surface area contributed by atoms with Gasteiger partial charge in [-0.2, -0.15) is 84.3 Å². The van der Waals surface area contributed by atoms with Gasteiger partial charge in [0.25, 0.3) is 0 Å². The first kappa shape index (κ1) is 54.8. The lowest BCUT2D eigenvalue weighted by Crippen LogP contribution is -2.14. The van der Waals surface area contributed by atoms with Crippen LogP contribution in [0.2, 0.25) is 0 Å². The third-order valence-corrected chi connectivity index (χ3v) is 14.1. The van der Waals surface area contributed by atoms with Crippen LogP contribution in [0.4, 0.5) is 79.0 Å². The van der Waals surface area contributed by atoms with Crippen LogP contribution in [-0.4, -0.2) is 9.13 Å². The van der Waals surface area contributed by atoms with E-state index in [0.717, 1.165) is 12.1 Å². The molecule has 0 spiro atoms. The van der Waals surface area contributed by atoms with E-state index in [1.807, 2.05) is 6.07 Å². The van der Waals surface area contributed by atoms with Crippen molar-refractivity contribution in [1.82, 2.24) is 9.13 Å². The fourth-order valence-electron chi connectivity index (χ4n) is 10.5. The molecule has 0 fully saturated rings. The number of aromatic nitrogens is 2. The molecule has 2 aromatic heterocycles. The smallest absolute Gasteiger partial charge is 0.309 e. The Kier molecular flexibility index (Phi) is 12.7. The Balaban J connectivity index is 1.18. The monoisotopic (exact) mass is 1150 g/mol. The lowest BCUT2D eigenvalue weighted by molar-refractivity contribution is -0.144. The molecule has 0 amide bonds. The fraction of sp³-hybridized carbons (Fsp3) is 0.0984. The van der Waals surface area contributed by atoms with Crippen LogP contribution in [0.25, 0.3) is 99.5 Å². The topological polar surface area (TPSA) is 33.6 Å². The molecule has 0 saturated heterocycles. The molecule has 21 heteroatoms. The number of alkyl halides is 18. The van der Waals surface area contributed by atoms with Gasteiger partial charge in [0, 0.05) is 43.9 Å². The second kappa shape index (κ2) is 19.0. The molecule has 2 heterocycles. The Morgan fingerprint density at radius 1 is 0.305 bits per heavy atom. The molecule has 0 aliphatic carbocycles. The normalized spacial score (nSPS) is 13.0. The van der Waals surface area contributed by atoms with Gasteiger partial charge in [-0.05, 0) is 143 Å². The van der Waals surface area contributed by atoms with Crippen molar-refractivity contribution in [3.63, 3.8) is 0 Å². The van der Waals surface area contributed by atoms with Gasteiger partial charge >= 0.3 is 37.1 Å². The summed E-state index contributed by atoms with van der Waals surface area (Å²) in [6, 6.07) is 33.8. The highest BCUT2D eigenvalue weighted by Crippen LogP contribution is 2.49. The molecule has 414 valence electrons. The molecule has 0 N–H and O–H groups in total. The van der Waals surface area contributed by atoms with E-state index in [1.54, 1.807) is 53.1 Å². The highest BCUT2D eigenvalue weighted by atomic mass is 19.4. The van der Waals surface area contributed by atoms with Crippen molar-refractivity contribution in [2.24, 2.45) is 0 Å². The maximum absolute atomic E-state index is 14.9. The zero-order valence-electron chi connectivity index (χ0n) is 40.9. The molecule has 0 aliphatic heterocycles. The molecule has 0 saturated carbocycles. The van der Waals surface area contributed by atoms with Crippen molar-refractivity contribution < 1.29 is 79.0 Å². The van der Waals surface area contributed by atoms with Crippen LogP contribution >= 0.6 is 0 Å². The summed E-state index contributed by atoms with van der Waals surface area (Å²) >= 11 is 0. The Morgan fingerprint density at radius 3 is 1.16 bits per heavy atom. The van der Waals surface area contributed by atoms with E-state index in [1.165, 1.54) is 65.2 Å². The number of rotatable bonds is 6. The van der Waals surface area contributed by atoms with Crippen LogP contribution in [0.1, 0.15) is 38.9 Å². The molecule has 0 aliphatic rings. The van der Waals surface area contributed by atoms with Gasteiger partial charge in [-0.3, -0.25) is 0 Å². The van der Waals surface area contributed by atoms with Crippen LogP contribution in [0, 0.1) is 11.3 Å². The van der Waals surface area contributed by atoms with Crippen molar-refractivity contribution in [3.8, 4) is 62.0 Å². The summed E-state index contributed by atoms with van der Waals surface area (Å²) in [7, 11) is 0. The number of fused-ring (bicyclic) bond motifs is 6. The Bertz CT molecular complexity index is 4340. The minimum atomic E-state index is -5.36. The average Bonchev–Trinajstić information content (AvgIpc) is 3.24. The predicted octanol–water partition coefficient (Wildman–Crippen LogP) is 20.5. The first-order valence-corrected chi connectivity index (χ1v) is 24.0. The number of para-hydroxylation sites is 2. The van der Waals surface area contributed by atoms with Crippen LogP contribution in [0.5, 0.6) is 0 Å². The third-order valence-electron chi connectivity index (χ3n) is 14.1. The molecule has 82 heavy (non-hydrogen) atoms. The molecule has 0 unspecified atom stereocenters. The standard InChI is InChI=1S/C61H29F18N3/c62-56(63,64)37-20-35(21-38(27-37)57(65,66)67)31-13-17-52-45(24-31)42-6-1-3-10-50(42)81(52)41-16-12-34(30-80)44(29-41)47-26-33(55-48(60(74,75)76)8-5-9-49(55)61(77,78)79)15-19-54(47)82-51-11-4-2-7-43(51)46-25-32(14-18-53(46)82)36-22-39(58(68,69)70)28-40(23-36)59(71,72)73/h1-29H. The Morgan fingerprint density at radius 2 is 0.720 bits per heavy atom. The zero-order chi connectivity index (χ0) is 58.8. The van der Waals surface area contributed by atoms with E-state index in [2.05, 4.69) is 0 Å². The maximum atomic E-state index is 14.9. The summed E-state index contributed by atoms with van der Waals surface area (Å²) in [5.74, 6) is 0. The summed E-state index contributed by atoms with van der Waals surface area (Å²) in [4.78, 5) is 0. The van der Waals surface area contributed by atoms with Gasteiger partial charge in [0.05, 0.1) is 72.8 Å². The second-order valence-corrected chi connectivity index (χ2v) is 19.1. The van der Waals surface area contributed by atoms with Gasteiger partial charge in [-0.25, -0.2) is 0 Å². The molecule has 3 nitrogen and oxygen atoms in total. The molecular formula is C61H29F18N3. The molecule has 9 aromatic carbocycles. The Hall–Kier alpha value is -9.19. The number of nitriles is 1. The Labute approximate surface area is 449 Å². The quantitative estimate of drug-likeness (QED) is 0.153. The fourth-order valence-corrected chi connectivity index (χ4v) is 10.5. The van der Waals surface area contributed by atoms with Gasteiger partial charge < -0.3 is 9.13 Å². The largest absolute Gasteiger partial charge is 0.417 e. The number of benzene rings is 9. The van der Waals surface area contributed by atoms with Crippen LogP contribution in [0.15, 0.2) is 176 Å². The second-order valence-electron chi connectivity index (χ2n) is 19.1. The molecular weight excluding hydrogens is 1120 g/mol. The van der Waals surface area contributed by atoms with Crippen molar-refractivity contribution >= 4 is 43.6 Å². The number of nitrogens with zero attached hydrogens (tertiary/aromatic N) is 3. The minimum absolute atomic E-state index is 0.000924. The first-order valence-electron chi connectivity index (χ1n) is 24.0. The average molecular weight is 1150 g/mol. The maximum Gasteiger partial charge on any atom is 0.417 e. The minimum Gasteiger partial charge on any atom is -0.309 e. The lowest BCUT2D eigenvalue weighted by atomic mass is 9.89. The van der Waals surface area contributed by atoms with Crippen molar-refractivity contribution in [2.45, 2.75) is 37.1 Å². The first-order chi connectivity index (χ1) is 38.4. The number of halogens is 18. The van der Waals surface area contributed by atoms with E-state index in [9.17, 15) is 84.3 Å². The highest BCUT2D eigenvalue weighted by molar-refractivity contribution is 6.12. The summed E-state index contributed by atoms with van der Waals surface area (Å²) in [5, 5.41) is 12.1. The van der Waals surface area contributed by atoms with Gasteiger partial charge in [0.2, 0.25) is 0 Å². The highest BCUT2D eigenvalue weighted by Gasteiger charge is 2.42. The van der Waals surface area contributed by atoms with E-state index in [0.29, 0.717) is 69.7 Å². The third kappa shape index (κ3) is 9.68. The molecule has 0 radical (unpaired) electrons. The lowest BCUT2D eigenvalue weighted by Gasteiger charge is -2.22. The summed E-state index contributed by atoms with van der Waals surface area (Å²) in [6.07, 6.45) is -31.5. The van der Waals surface area contributed by atoms with Gasteiger partial charge in [0.1, 0.15) is 0 Å².